The number of hydrogen-bond acceptors (Lipinski definition) is 4. The minimum atomic E-state index is -0.716. The molecule has 1 aromatic heterocycles. The summed E-state index contributed by atoms with van der Waals surface area (Å²) in [5.41, 5.74) is 1.06. The van der Waals surface area contributed by atoms with Crippen LogP contribution in [0.15, 0.2) is 54.7 Å². The van der Waals surface area contributed by atoms with Gasteiger partial charge in [0.25, 0.3) is 5.91 Å². The Morgan fingerprint density at radius 1 is 1.25 bits per heavy atom. The summed E-state index contributed by atoms with van der Waals surface area (Å²) in [6, 6.07) is 11.5. The Labute approximate surface area is 160 Å². The minimum Gasteiger partial charge on any atom is -0.487 e. The second-order valence-electron chi connectivity index (χ2n) is 6.22. The van der Waals surface area contributed by atoms with Crippen LogP contribution in [-0.2, 0) is 6.61 Å². The van der Waals surface area contributed by atoms with E-state index in [4.69, 9.17) is 4.74 Å². The molecule has 6 nitrogen and oxygen atoms in total. The molecule has 0 saturated heterocycles. The molecule has 3 rings (SSSR count). The molecule has 0 spiro atoms. The Hall–Kier alpha value is -3.26. The Kier molecular flexibility index (Phi) is 6.00. The second kappa shape index (κ2) is 8.62. The number of aliphatic hydroxyl groups excluding tert-OH is 1. The Balaban J connectivity index is 1.64. The normalized spacial score (nSPS) is 11.9. The molecule has 0 fully saturated rings. The van der Waals surface area contributed by atoms with Gasteiger partial charge in [0.15, 0.2) is 5.82 Å². The third-order valence-electron chi connectivity index (χ3n) is 3.84. The summed E-state index contributed by atoms with van der Waals surface area (Å²) in [4.78, 5) is 12.0. The molecule has 0 bridgehead atoms. The Morgan fingerprint density at radius 3 is 2.82 bits per heavy atom. The summed E-state index contributed by atoms with van der Waals surface area (Å²) < 4.78 is 33.8. The number of aromatic nitrogens is 2. The molecule has 3 aromatic rings. The van der Waals surface area contributed by atoms with Gasteiger partial charge in [-0.3, -0.25) is 4.79 Å². The molecule has 2 aromatic carbocycles. The number of carbonyl (C=O) groups excluding carboxylic acids is 1. The molecule has 1 amide bonds. The van der Waals surface area contributed by atoms with Crippen LogP contribution in [0.5, 0.6) is 5.75 Å². The molecule has 0 aliphatic carbocycles. The molecule has 0 saturated carbocycles. The van der Waals surface area contributed by atoms with Gasteiger partial charge >= 0.3 is 0 Å². The number of nitrogens with one attached hydrogen (secondary N) is 1. The van der Waals surface area contributed by atoms with Gasteiger partial charge in [-0.15, -0.1) is 0 Å². The first-order valence-electron chi connectivity index (χ1n) is 8.61. The number of benzene rings is 2. The van der Waals surface area contributed by atoms with Gasteiger partial charge in [0.2, 0.25) is 0 Å². The summed E-state index contributed by atoms with van der Waals surface area (Å²) in [5.74, 6) is -1.23. The van der Waals surface area contributed by atoms with Crippen LogP contribution in [0, 0.1) is 11.6 Å². The van der Waals surface area contributed by atoms with Crippen molar-refractivity contribution in [3.05, 3.63) is 77.6 Å². The predicted molar refractivity (Wildman–Crippen MR) is 98.3 cm³/mol. The van der Waals surface area contributed by atoms with Gasteiger partial charge in [-0.25, -0.2) is 13.5 Å². The lowest BCUT2D eigenvalue weighted by atomic mass is 10.2. The predicted octanol–water partition coefficient (Wildman–Crippen LogP) is 2.84. The second-order valence-corrected chi connectivity index (χ2v) is 6.22. The number of amides is 1. The molecule has 28 heavy (non-hydrogen) atoms. The highest BCUT2D eigenvalue weighted by Gasteiger charge is 2.10. The number of nitrogens with zero attached hydrogens (tertiary/aromatic N) is 2. The zero-order valence-corrected chi connectivity index (χ0v) is 15.1. The fraction of sp³-hybridized carbons (Fsp3) is 0.200. The van der Waals surface area contributed by atoms with E-state index in [9.17, 15) is 18.7 Å². The van der Waals surface area contributed by atoms with Gasteiger partial charge < -0.3 is 15.2 Å². The Bertz CT molecular complexity index is 973. The van der Waals surface area contributed by atoms with Crippen LogP contribution in [0.25, 0.3) is 5.69 Å². The lowest BCUT2D eigenvalue weighted by Gasteiger charge is -2.09. The van der Waals surface area contributed by atoms with Gasteiger partial charge in [0.05, 0.1) is 6.10 Å². The first-order valence-corrected chi connectivity index (χ1v) is 8.61. The SMILES string of the molecule is C[C@@H](O)CNC(=O)c1cccc(OCc2ccn(-c3ccc(F)cc3F)n2)c1. The van der Waals surface area contributed by atoms with E-state index in [1.54, 1.807) is 43.5 Å². The lowest BCUT2D eigenvalue weighted by molar-refractivity contribution is 0.0923. The average molecular weight is 387 g/mol. The van der Waals surface area contributed by atoms with Gasteiger partial charge in [-0.1, -0.05) is 6.07 Å². The molecule has 0 radical (unpaired) electrons. The molecule has 1 heterocycles. The van der Waals surface area contributed by atoms with Crippen molar-refractivity contribution in [2.24, 2.45) is 0 Å². The highest BCUT2D eigenvalue weighted by Crippen LogP contribution is 2.17. The molecule has 146 valence electrons. The molecule has 0 unspecified atom stereocenters. The summed E-state index contributed by atoms with van der Waals surface area (Å²) >= 11 is 0. The number of aliphatic hydroxyl groups is 1. The van der Waals surface area contributed by atoms with Crippen molar-refractivity contribution in [2.45, 2.75) is 19.6 Å². The molecule has 1 atom stereocenters. The van der Waals surface area contributed by atoms with Crippen LogP contribution < -0.4 is 10.1 Å². The van der Waals surface area contributed by atoms with E-state index in [1.807, 2.05) is 0 Å². The van der Waals surface area contributed by atoms with E-state index in [2.05, 4.69) is 10.4 Å². The van der Waals surface area contributed by atoms with Crippen molar-refractivity contribution in [3.8, 4) is 11.4 Å². The lowest BCUT2D eigenvalue weighted by Crippen LogP contribution is -2.30. The number of ether oxygens (including phenoxy) is 1. The molecule has 0 aliphatic rings. The number of halogens is 2. The van der Waals surface area contributed by atoms with Crippen LogP contribution >= 0.6 is 0 Å². The zero-order valence-electron chi connectivity index (χ0n) is 15.1. The molecular weight excluding hydrogens is 368 g/mol. The smallest absolute Gasteiger partial charge is 0.251 e. The third kappa shape index (κ3) is 4.92. The fourth-order valence-corrected chi connectivity index (χ4v) is 2.47. The highest BCUT2D eigenvalue weighted by atomic mass is 19.1. The molecule has 2 N–H and O–H groups in total. The number of hydrogen-bond donors (Lipinski definition) is 2. The van der Waals surface area contributed by atoms with Crippen LogP contribution in [0.1, 0.15) is 23.0 Å². The maximum atomic E-state index is 13.8. The zero-order chi connectivity index (χ0) is 20.1. The van der Waals surface area contributed by atoms with E-state index in [-0.39, 0.29) is 24.7 Å². The molecule has 0 aliphatic heterocycles. The van der Waals surface area contributed by atoms with Crippen LogP contribution in [0.4, 0.5) is 8.78 Å². The van der Waals surface area contributed by atoms with Crippen molar-refractivity contribution in [1.29, 1.82) is 0 Å². The van der Waals surface area contributed by atoms with Gasteiger partial charge in [-0.2, -0.15) is 5.10 Å². The minimum absolute atomic E-state index is 0.106. The summed E-state index contributed by atoms with van der Waals surface area (Å²) in [6.45, 7) is 1.84. The van der Waals surface area contributed by atoms with Crippen molar-refractivity contribution >= 4 is 5.91 Å². The molecular formula is C20H19F2N3O3. The monoisotopic (exact) mass is 387 g/mol. The topological polar surface area (TPSA) is 76.4 Å². The van der Waals surface area contributed by atoms with Crippen molar-refractivity contribution < 1.29 is 23.4 Å². The van der Waals surface area contributed by atoms with Crippen LogP contribution in [-0.4, -0.2) is 33.4 Å². The number of carbonyl (C=O) groups is 1. The van der Waals surface area contributed by atoms with Crippen LogP contribution in [0.3, 0.4) is 0 Å². The van der Waals surface area contributed by atoms with E-state index in [0.717, 1.165) is 12.1 Å². The van der Waals surface area contributed by atoms with E-state index >= 15 is 0 Å². The largest absolute Gasteiger partial charge is 0.487 e. The van der Waals surface area contributed by atoms with Gasteiger partial charge in [0.1, 0.15) is 29.6 Å². The van der Waals surface area contributed by atoms with Gasteiger partial charge in [0, 0.05) is 24.4 Å². The molecule has 8 heteroatoms. The van der Waals surface area contributed by atoms with Gasteiger partial charge in [-0.05, 0) is 43.3 Å². The van der Waals surface area contributed by atoms with Crippen molar-refractivity contribution in [2.75, 3.05) is 6.54 Å². The first-order chi connectivity index (χ1) is 13.4. The number of rotatable bonds is 7. The van der Waals surface area contributed by atoms with Crippen molar-refractivity contribution in [3.63, 3.8) is 0 Å². The first kappa shape index (κ1) is 19.5. The Morgan fingerprint density at radius 2 is 2.07 bits per heavy atom. The maximum absolute atomic E-state index is 13.8. The van der Waals surface area contributed by atoms with Crippen molar-refractivity contribution in [1.82, 2.24) is 15.1 Å². The maximum Gasteiger partial charge on any atom is 0.251 e. The van der Waals surface area contributed by atoms with Crippen LogP contribution in [0.2, 0.25) is 0 Å². The standard InChI is InChI=1S/C20H19F2N3O3/c1-13(26)11-23-20(27)14-3-2-4-17(9-14)28-12-16-7-8-25(24-16)19-6-5-15(21)10-18(19)22/h2-10,13,26H,11-12H2,1H3,(H,23,27)/t13-/m1/s1. The van der Waals surface area contributed by atoms with E-state index in [1.165, 1.54) is 10.7 Å². The summed E-state index contributed by atoms with van der Waals surface area (Å²) in [5, 5.41) is 16.1. The average Bonchev–Trinajstić information content (AvgIpc) is 3.13. The highest BCUT2D eigenvalue weighted by molar-refractivity contribution is 5.94. The summed E-state index contributed by atoms with van der Waals surface area (Å²) in [7, 11) is 0. The summed E-state index contributed by atoms with van der Waals surface area (Å²) in [6.07, 6.45) is 0.916. The quantitative estimate of drug-likeness (QED) is 0.654. The van der Waals surface area contributed by atoms with E-state index in [0.29, 0.717) is 17.0 Å². The van der Waals surface area contributed by atoms with E-state index < -0.39 is 17.7 Å². The third-order valence-corrected chi connectivity index (χ3v) is 3.84. The fourth-order valence-electron chi connectivity index (χ4n) is 2.47.